The van der Waals surface area contributed by atoms with E-state index in [1.807, 2.05) is 0 Å². The van der Waals surface area contributed by atoms with Crippen LogP contribution < -0.4 is 5.32 Å². The first-order chi connectivity index (χ1) is 10.1. The van der Waals surface area contributed by atoms with E-state index in [0.29, 0.717) is 5.76 Å². The van der Waals surface area contributed by atoms with Gasteiger partial charge in [-0.2, -0.15) is 0 Å². The molecular formula is C14H13ClN2O4. The molecule has 110 valence electrons. The fourth-order valence-corrected chi connectivity index (χ4v) is 1.84. The number of pyridine rings is 1. The molecule has 1 N–H and O–H groups in total. The van der Waals surface area contributed by atoms with Crippen LogP contribution in [0, 0.1) is 0 Å². The van der Waals surface area contributed by atoms with Crippen LogP contribution in [0.4, 0.5) is 0 Å². The lowest BCUT2D eigenvalue weighted by Gasteiger charge is -2.11. The van der Waals surface area contributed by atoms with Crippen molar-refractivity contribution < 1.29 is 18.7 Å². The first-order valence-electron chi connectivity index (χ1n) is 6.18. The van der Waals surface area contributed by atoms with Crippen molar-refractivity contribution in [1.29, 1.82) is 0 Å². The molecule has 0 spiro atoms. The molecule has 1 atom stereocenters. The second kappa shape index (κ2) is 6.90. The van der Waals surface area contributed by atoms with E-state index in [0.717, 1.165) is 0 Å². The highest BCUT2D eigenvalue weighted by Gasteiger charge is 2.16. The molecular weight excluding hydrogens is 296 g/mol. The maximum atomic E-state index is 11.7. The Hall–Kier alpha value is -2.34. The second-order valence-electron chi connectivity index (χ2n) is 4.22. The first-order valence-corrected chi connectivity index (χ1v) is 6.56. The molecule has 6 nitrogen and oxygen atoms in total. The van der Waals surface area contributed by atoms with Crippen LogP contribution >= 0.6 is 11.6 Å². The summed E-state index contributed by atoms with van der Waals surface area (Å²) in [5.74, 6) is -0.522. The minimum atomic E-state index is -0.700. The van der Waals surface area contributed by atoms with Crippen LogP contribution in [0.3, 0.4) is 0 Å². The van der Waals surface area contributed by atoms with Gasteiger partial charge in [0.25, 0.3) is 5.91 Å². The molecule has 0 aliphatic heterocycles. The molecule has 0 bridgehead atoms. The third kappa shape index (κ3) is 4.06. The zero-order valence-electron chi connectivity index (χ0n) is 11.2. The molecule has 2 aromatic heterocycles. The van der Waals surface area contributed by atoms with Crippen molar-refractivity contribution >= 4 is 23.5 Å². The molecule has 21 heavy (non-hydrogen) atoms. The van der Waals surface area contributed by atoms with Crippen LogP contribution in [0.1, 0.15) is 29.1 Å². The van der Waals surface area contributed by atoms with Gasteiger partial charge in [-0.25, -0.2) is 9.78 Å². The highest BCUT2D eigenvalue weighted by atomic mass is 35.5. The number of halogens is 1. The monoisotopic (exact) mass is 308 g/mol. The number of hydrogen-bond acceptors (Lipinski definition) is 5. The minimum Gasteiger partial charge on any atom is -0.467 e. The van der Waals surface area contributed by atoms with Gasteiger partial charge in [0.1, 0.15) is 10.9 Å². The Labute approximate surface area is 126 Å². The average Bonchev–Trinajstić information content (AvgIpc) is 2.99. The predicted molar refractivity (Wildman–Crippen MR) is 74.8 cm³/mol. The Morgan fingerprint density at radius 2 is 2.24 bits per heavy atom. The SMILES string of the molecule is C[C@@H](NC(=O)COC(=O)c1cccnc1Cl)c1ccco1. The van der Waals surface area contributed by atoms with Crippen molar-refractivity contribution in [3.63, 3.8) is 0 Å². The summed E-state index contributed by atoms with van der Waals surface area (Å²) in [6, 6.07) is 6.19. The maximum Gasteiger partial charge on any atom is 0.341 e. The number of carbonyl (C=O) groups is 2. The van der Waals surface area contributed by atoms with E-state index in [-0.39, 0.29) is 16.8 Å². The first kappa shape index (κ1) is 15.1. The van der Waals surface area contributed by atoms with E-state index >= 15 is 0 Å². The van der Waals surface area contributed by atoms with Crippen LogP contribution in [0.5, 0.6) is 0 Å². The zero-order chi connectivity index (χ0) is 15.2. The molecule has 0 saturated carbocycles. The molecule has 0 fully saturated rings. The van der Waals surface area contributed by atoms with Crippen LogP contribution in [0.2, 0.25) is 5.15 Å². The number of aromatic nitrogens is 1. The smallest absolute Gasteiger partial charge is 0.341 e. The van der Waals surface area contributed by atoms with E-state index in [1.54, 1.807) is 25.1 Å². The highest BCUT2D eigenvalue weighted by Crippen LogP contribution is 2.13. The topological polar surface area (TPSA) is 81.4 Å². The maximum absolute atomic E-state index is 11.7. The Morgan fingerprint density at radius 3 is 2.90 bits per heavy atom. The van der Waals surface area contributed by atoms with Gasteiger partial charge in [0.15, 0.2) is 6.61 Å². The van der Waals surface area contributed by atoms with Crippen molar-refractivity contribution in [2.75, 3.05) is 6.61 Å². The lowest BCUT2D eigenvalue weighted by molar-refractivity contribution is -0.125. The van der Waals surface area contributed by atoms with Crippen molar-refractivity contribution in [1.82, 2.24) is 10.3 Å². The van der Waals surface area contributed by atoms with E-state index in [2.05, 4.69) is 10.3 Å². The van der Waals surface area contributed by atoms with E-state index in [1.165, 1.54) is 18.5 Å². The molecule has 0 aromatic carbocycles. The summed E-state index contributed by atoms with van der Waals surface area (Å²) in [4.78, 5) is 27.2. The Kier molecular flexibility index (Phi) is 4.94. The summed E-state index contributed by atoms with van der Waals surface area (Å²) in [6.45, 7) is 1.35. The normalized spacial score (nSPS) is 11.7. The van der Waals surface area contributed by atoms with Gasteiger partial charge in [-0.05, 0) is 31.2 Å². The highest BCUT2D eigenvalue weighted by molar-refractivity contribution is 6.32. The van der Waals surface area contributed by atoms with Crippen molar-refractivity contribution in [3.05, 3.63) is 53.2 Å². The summed E-state index contributed by atoms with van der Waals surface area (Å²) in [5, 5.41) is 2.68. The summed E-state index contributed by atoms with van der Waals surface area (Å²) in [5.41, 5.74) is 0.117. The number of esters is 1. The molecule has 0 aliphatic rings. The molecule has 2 heterocycles. The van der Waals surface area contributed by atoms with Gasteiger partial charge in [-0.1, -0.05) is 11.6 Å². The van der Waals surface area contributed by atoms with Gasteiger partial charge in [0, 0.05) is 6.20 Å². The molecule has 1 amide bonds. The lowest BCUT2D eigenvalue weighted by atomic mass is 10.2. The Bertz CT molecular complexity index is 628. The molecule has 0 saturated heterocycles. The number of ether oxygens (including phenoxy) is 1. The van der Waals surface area contributed by atoms with Crippen LogP contribution in [-0.4, -0.2) is 23.5 Å². The van der Waals surface area contributed by atoms with Crippen molar-refractivity contribution in [3.8, 4) is 0 Å². The van der Waals surface area contributed by atoms with Crippen LogP contribution in [0.25, 0.3) is 0 Å². The zero-order valence-corrected chi connectivity index (χ0v) is 12.0. The Balaban J connectivity index is 1.84. The number of furan rings is 1. The molecule has 2 aromatic rings. The van der Waals surface area contributed by atoms with Gasteiger partial charge < -0.3 is 14.5 Å². The van der Waals surface area contributed by atoms with Crippen molar-refractivity contribution in [2.24, 2.45) is 0 Å². The van der Waals surface area contributed by atoms with Gasteiger partial charge in [-0.3, -0.25) is 4.79 Å². The minimum absolute atomic E-state index is 0.0341. The average molecular weight is 309 g/mol. The standard InChI is InChI=1S/C14H13ClN2O4/c1-9(11-5-3-7-20-11)17-12(18)8-21-14(19)10-4-2-6-16-13(10)15/h2-7,9H,8H2,1H3,(H,17,18)/t9-/m1/s1. The third-order valence-electron chi connectivity index (χ3n) is 2.66. The largest absolute Gasteiger partial charge is 0.467 e. The van der Waals surface area contributed by atoms with E-state index < -0.39 is 18.5 Å². The van der Waals surface area contributed by atoms with Crippen molar-refractivity contribution in [2.45, 2.75) is 13.0 Å². The summed E-state index contributed by atoms with van der Waals surface area (Å²) in [6.07, 6.45) is 2.97. The number of hydrogen-bond donors (Lipinski definition) is 1. The van der Waals surface area contributed by atoms with Gasteiger partial charge in [-0.15, -0.1) is 0 Å². The van der Waals surface area contributed by atoms with Gasteiger partial charge in [0.05, 0.1) is 17.9 Å². The summed E-state index contributed by atoms with van der Waals surface area (Å²) in [7, 11) is 0. The number of amides is 1. The number of rotatable bonds is 5. The summed E-state index contributed by atoms with van der Waals surface area (Å²) < 4.78 is 10.0. The molecule has 2 rings (SSSR count). The van der Waals surface area contributed by atoms with E-state index in [9.17, 15) is 9.59 Å². The molecule has 0 radical (unpaired) electrons. The fraction of sp³-hybridized carbons (Fsp3) is 0.214. The van der Waals surface area contributed by atoms with Gasteiger partial charge in [0.2, 0.25) is 0 Å². The predicted octanol–water partition coefficient (Wildman–Crippen LogP) is 2.36. The number of carbonyl (C=O) groups excluding carboxylic acids is 2. The third-order valence-corrected chi connectivity index (χ3v) is 2.96. The lowest BCUT2D eigenvalue weighted by Crippen LogP contribution is -2.31. The molecule has 0 unspecified atom stereocenters. The Morgan fingerprint density at radius 1 is 1.43 bits per heavy atom. The van der Waals surface area contributed by atoms with Gasteiger partial charge >= 0.3 is 5.97 Å². The molecule has 7 heteroatoms. The second-order valence-corrected chi connectivity index (χ2v) is 4.58. The van der Waals surface area contributed by atoms with Crippen LogP contribution in [-0.2, 0) is 9.53 Å². The number of nitrogens with zero attached hydrogens (tertiary/aromatic N) is 1. The molecule has 0 aliphatic carbocycles. The van der Waals surface area contributed by atoms with E-state index in [4.69, 9.17) is 20.8 Å². The van der Waals surface area contributed by atoms with Crippen LogP contribution in [0.15, 0.2) is 41.1 Å². The summed E-state index contributed by atoms with van der Waals surface area (Å²) >= 11 is 5.76. The quantitative estimate of drug-likeness (QED) is 0.677. The number of nitrogens with one attached hydrogen (secondary N) is 1. The fourth-order valence-electron chi connectivity index (χ4n) is 1.64.